The molecular weight excluding hydrogens is 290 g/mol. The number of anilines is 1. The van der Waals surface area contributed by atoms with Crippen LogP contribution in [0.4, 0.5) is 5.82 Å². The van der Waals surface area contributed by atoms with Crippen LogP contribution in [0.1, 0.15) is 37.3 Å². The van der Waals surface area contributed by atoms with Crippen molar-refractivity contribution in [1.29, 1.82) is 0 Å². The van der Waals surface area contributed by atoms with Crippen molar-refractivity contribution >= 4 is 5.82 Å². The van der Waals surface area contributed by atoms with E-state index in [1.54, 1.807) is 24.9 Å². The molecule has 1 aliphatic carbocycles. The maximum atomic E-state index is 5.73. The van der Waals surface area contributed by atoms with E-state index in [0.717, 1.165) is 25.3 Å². The third kappa shape index (κ3) is 3.25. The lowest BCUT2D eigenvalue weighted by molar-refractivity contribution is 0.251. The Morgan fingerprint density at radius 3 is 2.87 bits per heavy atom. The van der Waals surface area contributed by atoms with Crippen molar-refractivity contribution in [3.63, 3.8) is 0 Å². The molecular formula is C17H21N5O. The highest BCUT2D eigenvalue weighted by atomic mass is 16.5. The standard InChI is InChI=1S/C17H21N5O/c1-2-14(3-1)15-8-16(21-12-20-15)22-7-4-13(10-22)11-23-17-9-18-5-6-19-17/h5-6,8-9,12-14H,1-4,7,10-11H2. The predicted molar refractivity (Wildman–Crippen MR) is 86.5 cm³/mol. The molecule has 2 aromatic rings. The molecule has 0 aromatic carbocycles. The van der Waals surface area contributed by atoms with Crippen LogP contribution in [-0.4, -0.2) is 39.6 Å². The van der Waals surface area contributed by atoms with Gasteiger partial charge in [0.15, 0.2) is 0 Å². The Morgan fingerprint density at radius 2 is 2.09 bits per heavy atom. The fourth-order valence-corrected chi connectivity index (χ4v) is 3.20. The SMILES string of the molecule is c1cnc(OCC2CCN(c3cc(C4CCC4)ncn3)C2)cn1. The molecule has 1 atom stereocenters. The van der Waals surface area contributed by atoms with E-state index < -0.39 is 0 Å². The summed E-state index contributed by atoms with van der Waals surface area (Å²) in [5, 5.41) is 0. The average molecular weight is 311 g/mol. The molecule has 0 radical (unpaired) electrons. The minimum atomic E-state index is 0.499. The highest BCUT2D eigenvalue weighted by Gasteiger charge is 2.26. The Labute approximate surface area is 136 Å². The lowest BCUT2D eigenvalue weighted by atomic mass is 9.83. The van der Waals surface area contributed by atoms with Crippen LogP contribution in [0.2, 0.25) is 0 Å². The Morgan fingerprint density at radius 1 is 1.13 bits per heavy atom. The summed E-state index contributed by atoms with van der Waals surface area (Å²) >= 11 is 0. The Bertz CT molecular complexity index is 646. The first-order valence-corrected chi connectivity index (χ1v) is 8.34. The summed E-state index contributed by atoms with van der Waals surface area (Å²) in [5.74, 6) is 2.80. The summed E-state index contributed by atoms with van der Waals surface area (Å²) in [6.07, 6.45) is 11.7. The molecule has 2 fully saturated rings. The zero-order valence-electron chi connectivity index (χ0n) is 13.1. The highest BCUT2D eigenvalue weighted by Crippen LogP contribution is 2.36. The molecule has 0 spiro atoms. The first-order chi connectivity index (χ1) is 11.4. The van der Waals surface area contributed by atoms with Gasteiger partial charge in [-0.15, -0.1) is 0 Å². The van der Waals surface area contributed by atoms with Gasteiger partial charge in [0, 0.05) is 49.1 Å². The maximum Gasteiger partial charge on any atom is 0.232 e. The summed E-state index contributed by atoms with van der Waals surface area (Å²) in [4.78, 5) is 19.4. The predicted octanol–water partition coefficient (Wildman–Crippen LogP) is 2.44. The van der Waals surface area contributed by atoms with E-state index in [1.165, 1.54) is 25.0 Å². The number of hydrogen-bond donors (Lipinski definition) is 0. The van der Waals surface area contributed by atoms with E-state index in [2.05, 4.69) is 30.9 Å². The molecule has 23 heavy (non-hydrogen) atoms. The zero-order valence-corrected chi connectivity index (χ0v) is 13.1. The molecule has 1 saturated carbocycles. The van der Waals surface area contributed by atoms with Crippen molar-refractivity contribution in [3.8, 4) is 5.88 Å². The first-order valence-electron chi connectivity index (χ1n) is 8.34. The average Bonchev–Trinajstić information content (AvgIpc) is 3.02. The van der Waals surface area contributed by atoms with Crippen molar-refractivity contribution in [3.05, 3.63) is 36.7 Å². The van der Waals surface area contributed by atoms with Gasteiger partial charge in [0.05, 0.1) is 12.8 Å². The fourth-order valence-electron chi connectivity index (χ4n) is 3.20. The van der Waals surface area contributed by atoms with Crippen LogP contribution >= 0.6 is 0 Å². The number of ether oxygens (including phenoxy) is 1. The molecule has 0 amide bonds. The second-order valence-corrected chi connectivity index (χ2v) is 6.38. The summed E-state index contributed by atoms with van der Waals surface area (Å²) in [5.41, 5.74) is 1.21. The van der Waals surface area contributed by atoms with Crippen molar-refractivity contribution in [2.24, 2.45) is 5.92 Å². The summed E-state index contributed by atoms with van der Waals surface area (Å²) in [7, 11) is 0. The molecule has 0 N–H and O–H groups in total. The van der Waals surface area contributed by atoms with Crippen LogP contribution < -0.4 is 9.64 Å². The van der Waals surface area contributed by atoms with Crippen LogP contribution in [0.25, 0.3) is 0 Å². The van der Waals surface area contributed by atoms with Crippen molar-refractivity contribution in [1.82, 2.24) is 19.9 Å². The number of rotatable bonds is 5. The Hall–Kier alpha value is -2.24. The van der Waals surface area contributed by atoms with Crippen LogP contribution in [0, 0.1) is 5.92 Å². The summed E-state index contributed by atoms with van der Waals surface area (Å²) < 4.78 is 5.73. The molecule has 6 heteroatoms. The van der Waals surface area contributed by atoms with Gasteiger partial charge in [0.1, 0.15) is 12.1 Å². The van der Waals surface area contributed by atoms with Gasteiger partial charge in [0.25, 0.3) is 0 Å². The van der Waals surface area contributed by atoms with Crippen molar-refractivity contribution in [2.45, 2.75) is 31.6 Å². The maximum absolute atomic E-state index is 5.73. The molecule has 120 valence electrons. The molecule has 3 heterocycles. The van der Waals surface area contributed by atoms with E-state index in [1.807, 2.05) is 0 Å². The van der Waals surface area contributed by atoms with Crippen LogP contribution in [-0.2, 0) is 0 Å². The van der Waals surface area contributed by atoms with Gasteiger partial charge in [0.2, 0.25) is 5.88 Å². The van der Waals surface area contributed by atoms with Gasteiger partial charge in [-0.2, -0.15) is 0 Å². The summed E-state index contributed by atoms with van der Waals surface area (Å²) in [6.45, 7) is 2.67. The minimum Gasteiger partial charge on any atom is -0.476 e. The van der Waals surface area contributed by atoms with Gasteiger partial charge in [-0.1, -0.05) is 6.42 Å². The molecule has 1 aliphatic heterocycles. The summed E-state index contributed by atoms with van der Waals surface area (Å²) in [6, 6.07) is 2.18. The number of aromatic nitrogens is 4. The third-order valence-electron chi connectivity index (χ3n) is 4.81. The van der Waals surface area contributed by atoms with Crippen LogP contribution in [0.3, 0.4) is 0 Å². The normalized spacial score (nSPS) is 21.2. The van der Waals surface area contributed by atoms with E-state index in [4.69, 9.17) is 4.74 Å². The van der Waals surface area contributed by atoms with E-state index in [-0.39, 0.29) is 0 Å². The van der Waals surface area contributed by atoms with E-state index in [0.29, 0.717) is 24.3 Å². The van der Waals surface area contributed by atoms with Crippen LogP contribution in [0.5, 0.6) is 5.88 Å². The molecule has 1 unspecified atom stereocenters. The quantitative estimate of drug-likeness (QED) is 0.845. The largest absolute Gasteiger partial charge is 0.476 e. The van der Waals surface area contributed by atoms with Crippen molar-refractivity contribution < 1.29 is 4.74 Å². The second kappa shape index (κ2) is 6.48. The van der Waals surface area contributed by atoms with Gasteiger partial charge in [-0.3, -0.25) is 4.98 Å². The monoisotopic (exact) mass is 311 g/mol. The Kier molecular flexibility index (Phi) is 4.05. The molecule has 4 rings (SSSR count). The zero-order chi connectivity index (χ0) is 15.5. The van der Waals surface area contributed by atoms with E-state index >= 15 is 0 Å². The van der Waals surface area contributed by atoms with Gasteiger partial charge >= 0.3 is 0 Å². The molecule has 6 nitrogen and oxygen atoms in total. The lowest BCUT2D eigenvalue weighted by Gasteiger charge is -2.26. The number of hydrogen-bond acceptors (Lipinski definition) is 6. The Balaban J connectivity index is 1.34. The minimum absolute atomic E-state index is 0.499. The van der Waals surface area contributed by atoms with Crippen LogP contribution in [0.15, 0.2) is 31.0 Å². The van der Waals surface area contributed by atoms with E-state index in [9.17, 15) is 0 Å². The molecule has 1 saturated heterocycles. The topological polar surface area (TPSA) is 64.0 Å². The smallest absolute Gasteiger partial charge is 0.232 e. The number of nitrogens with zero attached hydrogens (tertiary/aromatic N) is 5. The van der Waals surface area contributed by atoms with Gasteiger partial charge < -0.3 is 9.64 Å². The highest BCUT2D eigenvalue weighted by molar-refractivity contribution is 5.41. The van der Waals surface area contributed by atoms with Gasteiger partial charge in [-0.05, 0) is 19.3 Å². The molecule has 2 aromatic heterocycles. The molecule has 0 bridgehead atoms. The lowest BCUT2D eigenvalue weighted by Crippen LogP contribution is -2.23. The third-order valence-corrected chi connectivity index (χ3v) is 4.81. The first kappa shape index (κ1) is 14.4. The van der Waals surface area contributed by atoms with Gasteiger partial charge in [-0.25, -0.2) is 15.0 Å². The van der Waals surface area contributed by atoms with Crippen molar-refractivity contribution in [2.75, 3.05) is 24.6 Å². The molecule has 2 aliphatic rings. The second-order valence-electron chi connectivity index (χ2n) is 6.38. The fraction of sp³-hybridized carbons (Fsp3) is 0.529.